The zero-order valence-electron chi connectivity index (χ0n) is 13.0. The molecule has 1 atom stereocenters. The summed E-state index contributed by atoms with van der Waals surface area (Å²) in [6, 6.07) is 8.81. The van der Waals surface area contributed by atoms with Gasteiger partial charge in [-0.05, 0) is 18.4 Å². The van der Waals surface area contributed by atoms with Crippen LogP contribution in [0.4, 0.5) is 0 Å². The van der Waals surface area contributed by atoms with E-state index in [0.717, 1.165) is 18.4 Å². The lowest BCUT2D eigenvalue weighted by atomic mass is 10.1. The van der Waals surface area contributed by atoms with Gasteiger partial charge in [-0.3, -0.25) is 4.79 Å². The summed E-state index contributed by atoms with van der Waals surface area (Å²) >= 11 is 0. The van der Waals surface area contributed by atoms with Crippen LogP contribution in [0, 0.1) is 0 Å². The van der Waals surface area contributed by atoms with Gasteiger partial charge in [0.25, 0.3) is 0 Å². The Kier molecular flexibility index (Phi) is 9.13. The van der Waals surface area contributed by atoms with Gasteiger partial charge in [0.2, 0.25) is 5.91 Å². The normalized spacial score (nSPS) is 17.1. The molecule has 4 nitrogen and oxygen atoms in total. The molecule has 0 aliphatic heterocycles. The third kappa shape index (κ3) is 6.34. The van der Waals surface area contributed by atoms with Crippen LogP contribution in [0.15, 0.2) is 30.3 Å². The number of halogens is 1. The molecule has 0 bridgehead atoms. The van der Waals surface area contributed by atoms with Crippen LogP contribution in [0.3, 0.4) is 0 Å². The molecule has 5 heteroatoms. The molecule has 1 amide bonds. The average Bonchev–Trinajstić information content (AvgIpc) is 2.80. The first-order valence-corrected chi connectivity index (χ1v) is 7.97. The molecule has 1 unspecified atom stereocenters. The Morgan fingerprint density at radius 2 is 1.82 bits per heavy atom. The Labute approximate surface area is 139 Å². The number of carbonyl (C=O) groups excluding carboxylic acids is 1. The van der Waals surface area contributed by atoms with E-state index in [2.05, 4.69) is 5.32 Å². The minimum Gasteiger partial charge on any atom is -0.376 e. The number of benzene rings is 1. The molecule has 0 aromatic heterocycles. The molecule has 22 heavy (non-hydrogen) atoms. The third-order valence-corrected chi connectivity index (χ3v) is 4.00. The average molecular weight is 327 g/mol. The van der Waals surface area contributed by atoms with Crippen molar-refractivity contribution in [3.05, 3.63) is 35.9 Å². The van der Waals surface area contributed by atoms with Gasteiger partial charge in [0.05, 0.1) is 12.7 Å². The van der Waals surface area contributed by atoms with Crippen LogP contribution in [0.1, 0.15) is 50.1 Å². The van der Waals surface area contributed by atoms with Crippen molar-refractivity contribution >= 4 is 18.3 Å². The van der Waals surface area contributed by atoms with Crippen LogP contribution in [0.2, 0.25) is 0 Å². The molecule has 0 radical (unpaired) electrons. The van der Waals surface area contributed by atoms with E-state index < -0.39 is 6.04 Å². The number of hydrogen-bond donors (Lipinski definition) is 2. The van der Waals surface area contributed by atoms with E-state index in [1.807, 2.05) is 30.3 Å². The van der Waals surface area contributed by atoms with Gasteiger partial charge in [-0.15, -0.1) is 12.4 Å². The summed E-state index contributed by atoms with van der Waals surface area (Å²) in [5.41, 5.74) is 6.76. The summed E-state index contributed by atoms with van der Waals surface area (Å²) in [5, 5.41) is 2.85. The fourth-order valence-corrected chi connectivity index (χ4v) is 2.73. The number of amides is 1. The zero-order chi connectivity index (χ0) is 14.9. The maximum absolute atomic E-state index is 12.0. The molecule has 1 aliphatic carbocycles. The molecule has 0 saturated heterocycles. The van der Waals surface area contributed by atoms with Gasteiger partial charge in [-0.1, -0.05) is 56.0 Å². The van der Waals surface area contributed by atoms with E-state index in [4.69, 9.17) is 10.5 Å². The van der Waals surface area contributed by atoms with Gasteiger partial charge in [-0.2, -0.15) is 0 Å². The molecule has 1 fully saturated rings. The number of rotatable bonds is 6. The van der Waals surface area contributed by atoms with Crippen molar-refractivity contribution in [3.63, 3.8) is 0 Å². The van der Waals surface area contributed by atoms with Gasteiger partial charge < -0.3 is 15.8 Å². The number of nitrogens with two attached hydrogens (primary N) is 1. The highest BCUT2D eigenvalue weighted by Gasteiger charge is 2.15. The van der Waals surface area contributed by atoms with Crippen molar-refractivity contribution in [1.29, 1.82) is 0 Å². The standard InChI is InChI=1S/C17H26N2O2.ClH/c18-16(14-8-4-3-5-9-14)17(20)19-12-13-21-15-10-6-1-2-7-11-15;/h3-5,8-9,15-16H,1-2,6-7,10-13,18H2,(H,19,20);1H. The van der Waals surface area contributed by atoms with E-state index in [9.17, 15) is 4.79 Å². The van der Waals surface area contributed by atoms with Crippen LogP contribution in [0.5, 0.6) is 0 Å². The maximum Gasteiger partial charge on any atom is 0.241 e. The molecule has 3 N–H and O–H groups in total. The first-order valence-electron chi connectivity index (χ1n) is 7.97. The van der Waals surface area contributed by atoms with Gasteiger partial charge in [-0.25, -0.2) is 0 Å². The van der Waals surface area contributed by atoms with Crippen LogP contribution in [-0.2, 0) is 9.53 Å². The van der Waals surface area contributed by atoms with E-state index in [1.165, 1.54) is 25.7 Å². The minimum absolute atomic E-state index is 0. The SMILES string of the molecule is Cl.NC(C(=O)NCCOC1CCCCCC1)c1ccccc1. The van der Waals surface area contributed by atoms with Crippen LogP contribution < -0.4 is 11.1 Å². The van der Waals surface area contributed by atoms with Crippen molar-refractivity contribution in [1.82, 2.24) is 5.32 Å². The second-order valence-corrected chi connectivity index (χ2v) is 5.66. The molecule has 124 valence electrons. The highest BCUT2D eigenvalue weighted by Crippen LogP contribution is 2.19. The van der Waals surface area contributed by atoms with Gasteiger partial charge >= 0.3 is 0 Å². The highest BCUT2D eigenvalue weighted by molar-refractivity contribution is 5.85. The number of ether oxygens (including phenoxy) is 1. The van der Waals surface area contributed by atoms with Crippen LogP contribution in [0.25, 0.3) is 0 Å². The summed E-state index contributed by atoms with van der Waals surface area (Å²) in [7, 11) is 0. The highest BCUT2D eigenvalue weighted by atomic mass is 35.5. The summed E-state index contributed by atoms with van der Waals surface area (Å²) in [6.07, 6.45) is 7.83. The van der Waals surface area contributed by atoms with Gasteiger partial charge in [0.1, 0.15) is 6.04 Å². The first-order chi connectivity index (χ1) is 10.3. The second kappa shape index (κ2) is 10.6. The van der Waals surface area contributed by atoms with E-state index in [0.29, 0.717) is 19.3 Å². The lowest BCUT2D eigenvalue weighted by Gasteiger charge is -2.16. The van der Waals surface area contributed by atoms with Crippen molar-refractivity contribution in [2.75, 3.05) is 13.2 Å². The van der Waals surface area contributed by atoms with Gasteiger partial charge in [0.15, 0.2) is 0 Å². The molecule has 2 rings (SSSR count). The largest absolute Gasteiger partial charge is 0.376 e. The van der Waals surface area contributed by atoms with Crippen molar-refractivity contribution < 1.29 is 9.53 Å². The van der Waals surface area contributed by atoms with E-state index in [-0.39, 0.29) is 18.3 Å². The van der Waals surface area contributed by atoms with Gasteiger partial charge in [0, 0.05) is 6.54 Å². The fourth-order valence-electron chi connectivity index (χ4n) is 2.73. The Balaban J connectivity index is 0.00000242. The molecule has 1 aromatic carbocycles. The Morgan fingerprint density at radius 3 is 2.45 bits per heavy atom. The number of carbonyl (C=O) groups is 1. The lowest BCUT2D eigenvalue weighted by molar-refractivity contribution is -0.122. The molecule has 1 aromatic rings. The first kappa shape index (κ1) is 18.9. The summed E-state index contributed by atoms with van der Waals surface area (Å²) in [6.45, 7) is 1.09. The zero-order valence-corrected chi connectivity index (χ0v) is 13.8. The predicted octanol–water partition coefficient (Wildman–Crippen LogP) is 2.96. The molecular formula is C17H27ClN2O2. The quantitative estimate of drug-likeness (QED) is 0.624. The van der Waals surface area contributed by atoms with Crippen LogP contribution >= 0.6 is 12.4 Å². The monoisotopic (exact) mass is 326 g/mol. The molecule has 1 aliphatic rings. The van der Waals surface area contributed by atoms with E-state index in [1.54, 1.807) is 0 Å². The number of nitrogens with one attached hydrogen (secondary N) is 1. The maximum atomic E-state index is 12.0. The predicted molar refractivity (Wildman–Crippen MR) is 91.1 cm³/mol. The second-order valence-electron chi connectivity index (χ2n) is 5.66. The van der Waals surface area contributed by atoms with Crippen molar-refractivity contribution in [2.24, 2.45) is 5.73 Å². The minimum atomic E-state index is -0.607. The Hall–Kier alpha value is -1.10. The summed E-state index contributed by atoms with van der Waals surface area (Å²) < 4.78 is 5.84. The van der Waals surface area contributed by atoms with Crippen molar-refractivity contribution in [3.8, 4) is 0 Å². The number of hydrogen-bond acceptors (Lipinski definition) is 3. The van der Waals surface area contributed by atoms with E-state index >= 15 is 0 Å². The Morgan fingerprint density at radius 1 is 1.18 bits per heavy atom. The summed E-state index contributed by atoms with van der Waals surface area (Å²) in [4.78, 5) is 12.0. The fraction of sp³-hybridized carbons (Fsp3) is 0.588. The Bertz CT molecular complexity index is 420. The smallest absolute Gasteiger partial charge is 0.241 e. The molecular weight excluding hydrogens is 300 g/mol. The molecule has 0 heterocycles. The van der Waals surface area contributed by atoms with Crippen LogP contribution in [-0.4, -0.2) is 25.2 Å². The molecule has 1 saturated carbocycles. The topological polar surface area (TPSA) is 64.4 Å². The lowest BCUT2D eigenvalue weighted by Crippen LogP contribution is -2.36. The van der Waals surface area contributed by atoms with Crippen molar-refractivity contribution in [2.45, 2.75) is 50.7 Å². The molecule has 0 spiro atoms. The third-order valence-electron chi connectivity index (χ3n) is 4.00. The summed E-state index contributed by atoms with van der Waals surface area (Å²) in [5.74, 6) is -0.148.